The van der Waals surface area contributed by atoms with Gasteiger partial charge in [-0.2, -0.15) is 0 Å². The number of rotatable bonds is 14. The second kappa shape index (κ2) is 13.4. The van der Waals surface area contributed by atoms with Crippen molar-refractivity contribution in [1.29, 1.82) is 0 Å². The van der Waals surface area contributed by atoms with Gasteiger partial charge in [0.1, 0.15) is 0 Å². The number of hydrogen-bond donors (Lipinski definition) is 0. The summed E-state index contributed by atoms with van der Waals surface area (Å²) in [5.74, 6) is 0. The van der Waals surface area contributed by atoms with Gasteiger partial charge in [0.2, 0.25) is 0 Å². The monoisotopic (exact) mass is 572 g/mol. The van der Waals surface area contributed by atoms with E-state index >= 15 is 0 Å². The Balaban J connectivity index is 6.85. The molecule has 0 aliphatic heterocycles. The van der Waals surface area contributed by atoms with Crippen LogP contribution in [0.25, 0.3) is 0 Å². The van der Waals surface area contributed by atoms with Gasteiger partial charge < -0.3 is 0 Å². The van der Waals surface area contributed by atoms with E-state index in [1.165, 1.54) is 0 Å². The first-order valence-electron chi connectivity index (χ1n) is 12.5. The Kier molecular flexibility index (Phi) is 13.7. The average molecular weight is 574 g/mol. The minimum absolute atomic E-state index is 0.112. The van der Waals surface area contributed by atoms with E-state index in [1.54, 1.807) is 0 Å². The van der Waals surface area contributed by atoms with E-state index < -0.39 is 47.9 Å². The number of hydrogen-bond acceptors (Lipinski definition) is 7. The fraction of sp³-hybridized carbons (Fsp3) is 1.00. The minimum atomic E-state index is -4.79. The van der Waals surface area contributed by atoms with Gasteiger partial charge in [-0.05, 0) is 0 Å². The topological polar surface area (TPSA) is 64.6 Å². The molecule has 33 heavy (non-hydrogen) atoms. The zero-order valence-electron chi connectivity index (χ0n) is 24.2. The molecule has 9 heteroatoms. The van der Waals surface area contributed by atoms with E-state index in [1.807, 2.05) is 83.1 Å². The van der Waals surface area contributed by atoms with E-state index in [0.717, 1.165) is 19.3 Å². The Morgan fingerprint density at radius 1 is 0.545 bits per heavy atom. The van der Waals surface area contributed by atoms with Crippen molar-refractivity contribution < 1.29 is 46.2 Å². The summed E-state index contributed by atoms with van der Waals surface area (Å²) in [5, 5.41) is 0. The molecule has 0 aliphatic rings. The normalized spacial score (nSPS) is 18.6. The van der Waals surface area contributed by atoms with Gasteiger partial charge in [-0.3, -0.25) is 0 Å². The first-order valence-corrected chi connectivity index (χ1v) is 18.2. The van der Waals surface area contributed by atoms with Crippen LogP contribution in [0.3, 0.4) is 0 Å². The summed E-state index contributed by atoms with van der Waals surface area (Å²) in [6.07, 6.45) is 2.05. The molecule has 7 nitrogen and oxygen atoms in total. The molecule has 0 aromatic heterocycles. The predicted molar refractivity (Wildman–Crippen MR) is 132 cm³/mol. The summed E-state index contributed by atoms with van der Waals surface area (Å²) in [4.78, 5) is 0. The Bertz CT molecular complexity index is 482. The van der Waals surface area contributed by atoms with E-state index in [0.29, 0.717) is 0 Å². The van der Waals surface area contributed by atoms with Crippen molar-refractivity contribution in [2.45, 2.75) is 158 Å². The zero-order valence-corrected chi connectivity index (χ0v) is 27.7. The van der Waals surface area contributed by atoms with Gasteiger partial charge in [-0.15, -0.1) is 0 Å². The summed E-state index contributed by atoms with van der Waals surface area (Å²) in [7, 11) is -3.86. The van der Waals surface area contributed by atoms with Crippen molar-refractivity contribution in [3.05, 3.63) is 0 Å². The molecule has 0 saturated heterocycles. The predicted octanol–water partition coefficient (Wildman–Crippen LogP) is 7.14. The second-order valence-electron chi connectivity index (χ2n) is 11.8. The molecule has 0 aromatic carbocycles. The zero-order chi connectivity index (χ0) is 26.3. The third kappa shape index (κ3) is 14.8. The fourth-order valence-corrected chi connectivity index (χ4v) is 15.0. The van der Waals surface area contributed by atoms with E-state index in [2.05, 4.69) is 20.8 Å². The third-order valence-corrected chi connectivity index (χ3v) is 16.2. The van der Waals surface area contributed by atoms with Crippen molar-refractivity contribution in [2.24, 2.45) is 0 Å². The van der Waals surface area contributed by atoms with Gasteiger partial charge in [-0.25, -0.2) is 0 Å². The summed E-state index contributed by atoms with van der Waals surface area (Å²) in [6, 6.07) is 0. The molecule has 0 amide bonds. The van der Waals surface area contributed by atoms with E-state index in [-0.39, 0.29) is 18.3 Å². The molecule has 3 unspecified atom stereocenters. The van der Waals surface area contributed by atoms with Crippen LogP contribution in [0.2, 0.25) is 0 Å². The molecule has 3 atom stereocenters. The van der Waals surface area contributed by atoms with Crippen molar-refractivity contribution >= 4 is 9.05 Å². The molecule has 0 fully saturated rings. The van der Waals surface area contributed by atoms with Crippen LogP contribution in [-0.4, -0.2) is 44.2 Å². The summed E-state index contributed by atoms with van der Waals surface area (Å²) < 4.78 is 46.3. The van der Waals surface area contributed by atoms with Gasteiger partial charge in [-0.1, -0.05) is 0 Å². The molecular formula is C24H54O7SiZr. The molecule has 0 aliphatic carbocycles. The molecule has 0 radical (unpaired) electrons. The van der Waals surface area contributed by atoms with Crippen LogP contribution in [0.15, 0.2) is 0 Å². The van der Waals surface area contributed by atoms with Gasteiger partial charge in [0.05, 0.1) is 0 Å². The summed E-state index contributed by atoms with van der Waals surface area (Å²) in [6.45, 7) is 29.9. The van der Waals surface area contributed by atoms with Gasteiger partial charge in [0, 0.05) is 0 Å². The van der Waals surface area contributed by atoms with Crippen molar-refractivity contribution in [3.8, 4) is 0 Å². The molecule has 0 spiro atoms. The molecule has 0 aromatic rings. The molecule has 0 heterocycles. The van der Waals surface area contributed by atoms with Crippen LogP contribution in [-0.2, 0) is 46.2 Å². The molecule has 200 valence electrons. The quantitative estimate of drug-likeness (QED) is 0.205. The Hall–Kier alpha value is 0.820. The average Bonchev–Trinajstić information content (AvgIpc) is 2.55. The molecule has 0 bridgehead atoms. The maximum absolute atomic E-state index is 6.89. The van der Waals surface area contributed by atoms with Gasteiger partial charge >= 0.3 is 214 Å². The van der Waals surface area contributed by atoms with Crippen molar-refractivity contribution in [2.75, 3.05) is 0 Å². The Morgan fingerprint density at radius 3 is 0.970 bits per heavy atom. The van der Waals surface area contributed by atoms with Gasteiger partial charge in [0.25, 0.3) is 0 Å². The summed E-state index contributed by atoms with van der Waals surface area (Å²) >= 11 is -4.79. The SMILES string of the molecule is CCC(C)[O][Zr]([O]C(C)CC)([O]C(C)CC)[O][Si](OC(C)(C)C)(OC(C)(C)C)OC(C)(C)C. The first-order chi connectivity index (χ1) is 14.7. The second-order valence-corrected chi connectivity index (χ2v) is 19.3. The van der Waals surface area contributed by atoms with E-state index in [4.69, 9.17) is 24.2 Å². The van der Waals surface area contributed by atoms with Crippen LogP contribution in [0.5, 0.6) is 0 Å². The maximum atomic E-state index is 6.89. The first kappa shape index (κ1) is 33.8. The standard InChI is InChI=1S/C12H27O4Si.3C4H9O.Zr/c1-10(2,3)14-17(13,15-11(4,5)6)16-12(7,8)9;3*1-3-4(2)5;/h1-9H3;3*4H,3H2,1-2H3;/q4*-1;+4. The van der Waals surface area contributed by atoms with Crippen LogP contribution < -0.4 is 0 Å². The molecule has 0 saturated carbocycles. The van der Waals surface area contributed by atoms with Crippen molar-refractivity contribution in [3.63, 3.8) is 0 Å². The van der Waals surface area contributed by atoms with Gasteiger partial charge in [0.15, 0.2) is 0 Å². The Morgan fingerprint density at radius 2 is 0.788 bits per heavy atom. The van der Waals surface area contributed by atoms with Crippen LogP contribution >= 0.6 is 0 Å². The Labute approximate surface area is 212 Å². The summed E-state index contributed by atoms with van der Waals surface area (Å²) in [5.41, 5.74) is -1.78. The molecule has 0 N–H and O–H groups in total. The third-order valence-electron chi connectivity index (χ3n) is 4.30. The van der Waals surface area contributed by atoms with Crippen LogP contribution in [0.1, 0.15) is 123 Å². The molecular weight excluding hydrogens is 520 g/mol. The van der Waals surface area contributed by atoms with Crippen molar-refractivity contribution in [1.82, 2.24) is 0 Å². The van der Waals surface area contributed by atoms with Crippen LogP contribution in [0, 0.1) is 0 Å². The van der Waals surface area contributed by atoms with E-state index in [9.17, 15) is 0 Å². The fourth-order valence-electron chi connectivity index (χ4n) is 2.55. The van der Waals surface area contributed by atoms with Crippen LogP contribution in [0.4, 0.5) is 0 Å². The molecule has 0 rings (SSSR count).